The van der Waals surface area contributed by atoms with E-state index in [1.54, 1.807) is 6.07 Å². The molecule has 0 saturated heterocycles. The molecule has 7 heteroatoms. The monoisotopic (exact) mass is 272 g/mol. The second-order valence-electron chi connectivity index (χ2n) is 4.25. The second-order valence-corrected chi connectivity index (χ2v) is 4.25. The standard InChI is InChI=1S/C13H8N2O5/c16-10-4-8-11-6(9(10)5-14-19)2-1-3-7(11)12(17)15(20)13(8)18/h1-5,16,19-20H. The average molecular weight is 272 g/mol. The van der Waals surface area contributed by atoms with Crippen molar-refractivity contribution in [1.29, 1.82) is 0 Å². The Bertz CT molecular complexity index is 797. The van der Waals surface area contributed by atoms with Crippen LogP contribution < -0.4 is 0 Å². The van der Waals surface area contributed by atoms with Crippen LogP contribution in [0, 0.1) is 0 Å². The summed E-state index contributed by atoms with van der Waals surface area (Å²) in [6.45, 7) is 0. The van der Waals surface area contributed by atoms with Crippen molar-refractivity contribution in [3.63, 3.8) is 0 Å². The Morgan fingerprint density at radius 2 is 1.85 bits per heavy atom. The smallest absolute Gasteiger partial charge is 0.285 e. The van der Waals surface area contributed by atoms with Crippen LogP contribution in [0.3, 0.4) is 0 Å². The number of hydrogen-bond acceptors (Lipinski definition) is 6. The van der Waals surface area contributed by atoms with Crippen LogP contribution in [0.2, 0.25) is 0 Å². The first-order valence-corrected chi connectivity index (χ1v) is 5.60. The number of aromatic hydroxyl groups is 1. The summed E-state index contributed by atoms with van der Waals surface area (Å²) in [5, 5.41) is 31.6. The summed E-state index contributed by atoms with van der Waals surface area (Å²) in [5.74, 6) is -2.05. The highest BCUT2D eigenvalue weighted by Gasteiger charge is 2.33. The maximum Gasteiger partial charge on any atom is 0.285 e. The third kappa shape index (κ3) is 1.41. The van der Waals surface area contributed by atoms with Gasteiger partial charge in [-0.1, -0.05) is 17.3 Å². The summed E-state index contributed by atoms with van der Waals surface area (Å²) >= 11 is 0. The SMILES string of the molecule is O=C1c2cccc3c(C=NO)c(O)cc(c23)C(=O)N1O. The molecule has 100 valence electrons. The molecule has 2 aromatic rings. The van der Waals surface area contributed by atoms with Crippen molar-refractivity contribution in [1.82, 2.24) is 5.06 Å². The Hall–Kier alpha value is -2.93. The van der Waals surface area contributed by atoms with E-state index < -0.39 is 11.8 Å². The largest absolute Gasteiger partial charge is 0.507 e. The number of amides is 2. The molecule has 3 N–H and O–H groups in total. The van der Waals surface area contributed by atoms with Crippen LogP contribution in [-0.2, 0) is 0 Å². The lowest BCUT2D eigenvalue weighted by molar-refractivity contribution is -0.0377. The van der Waals surface area contributed by atoms with Gasteiger partial charge in [-0.2, -0.15) is 0 Å². The van der Waals surface area contributed by atoms with E-state index in [-0.39, 0.29) is 27.5 Å². The molecule has 3 rings (SSSR count). The summed E-state index contributed by atoms with van der Waals surface area (Å²) in [4.78, 5) is 23.8. The summed E-state index contributed by atoms with van der Waals surface area (Å²) in [5.41, 5.74) is 0.317. The highest BCUT2D eigenvalue weighted by molar-refractivity contribution is 6.26. The highest BCUT2D eigenvalue weighted by Crippen LogP contribution is 2.35. The number of phenols is 1. The summed E-state index contributed by atoms with van der Waals surface area (Å²) in [6.07, 6.45) is 1.01. The molecule has 0 unspecified atom stereocenters. The molecule has 2 aromatic carbocycles. The van der Waals surface area contributed by atoms with Crippen LogP contribution in [0.5, 0.6) is 5.75 Å². The first-order chi connectivity index (χ1) is 9.56. The summed E-state index contributed by atoms with van der Waals surface area (Å²) in [7, 11) is 0. The van der Waals surface area contributed by atoms with E-state index >= 15 is 0 Å². The Labute approximate surface area is 111 Å². The van der Waals surface area contributed by atoms with E-state index in [9.17, 15) is 19.9 Å². The zero-order valence-electron chi connectivity index (χ0n) is 9.94. The van der Waals surface area contributed by atoms with Crippen molar-refractivity contribution in [3.05, 3.63) is 41.0 Å². The summed E-state index contributed by atoms with van der Waals surface area (Å²) < 4.78 is 0. The van der Waals surface area contributed by atoms with Gasteiger partial charge in [0.05, 0.1) is 17.3 Å². The quantitative estimate of drug-likeness (QED) is 0.238. The molecule has 0 bridgehead atoms. The number of imide groups is 1. The summed E-state index contributed by atoms with van der Waals surface area (Å²) in [6, 6.07) is 5.70. The van der Waals surface area contributed by atoms with E-state index in [0.717, 1.165) is 12.3 Å². The lowest BCUT2D eigenvalue weighted by Gasteiger charge is -2.22. The molecule has 0 fully saturated rings. The first-order valence-electron chi connectivity index (χ1n) is 5.60. The molecule has 0 aliphatic carbocycles. The number of phenolic OH excluding ortho intramolecular Hbond substituents is 1. The Balaban J connectivity index is 2.52. The Kier molecular flexibility index (Phi) is 2.45. The fourth-order valence-corrected chi connectivity index (χ4v) is 2.35. The van der Waals surface area contributed by atoms with Gasteiger partial charge in [-0.3, -0.25) is 14.8 Å². The number of hydrogen-bond donors (Lipinski definition) is 3. The molecule has 0 spiro atoms. The minimum Gasteiger partial charge on any atom is -0.507 e. The van der Waals surface area contributed by atoms with Crippen LogP contribution >= 0.6 is 0 Å². The molecule has 1 aliphatic rings. The fourth-order valence-electron chi connectivity index (χ4n) is 2.35. The predicted octanol–water partition coefficient (Wildman–Crippen LogP) is 1.34. The molecular weight excluding hydrogens is 264 g/mol. The number of nitrogens with zero attached hydrogens (tertiary/aromatic N) is 2. The lowest BCUT2D eigenvalue weighted by atomic mass is 9.91. The van der Waals surface area contributed by atoms with Crippen LogP contribution in [0.4, 0.5) is 0 Å². The van der Waals surface area contributed by atoms with E-state index in [0.29, 0.717) is 10.8 Å². The minimum absolute atomic E-state index is 0.00490. The van der Waals surface area contributed by atoms with Gasteiger partial charge in [0, 0.05) is 10.9 Å². The van der Waals surface area contributed by atoms with Crippen LogP contribution in [-0.4, -0.2) is 38.6 Å². The van der Waals surface area contributed by atoms with Crippen molar-refractivity contribution < 1.29 is 25.1 Å². The van der Waals surface area contributed by atoms with Gasteiger partial charge in [-0.05, 0) is 17.5 Å². The third-order valence-electron chi connectivity index (χ3n) is 3.21. The maximum absolute atomic E-state index is 11.9. The molecule has 1 heterocycles. The number of hydroxylamine groups is 2. The molecule has 0 atom stereocenters. The molecule has 20 heavy (non-hydrogen) atoms. The van der Waals surface area contributed by atoms with E-state index in [2.05, 4.69) is 5.16 Å². The third-order valence-corrected chi connectivity index (χ3v) is 3.21. The topological polar surface area (TPSA) is 110 Å². The number of carbonyl (C=O) groups is 2. The highest BCUT2D eigenvalue weighted by atomic mass is 16.5. The molecule has 0 radical (unpaired) electrons. The van der Waals surface area contributed by atoms with Crippen molar-refractivity contribution in [2.24, 2.45) is 5.16 Å². The molecular formula is C13H8N2O5. The Morgan fingerprint density at radius 1 is 1.15 bits per heavy atom. The normalized spacial score (nSPS) is 14.6. The van der Waals surface area contributed by atoms with E-state index in [1.807, 2.05) is 0 Å². The first kappa shape index (κ1) is 12.1. The Morgan fingerprint density at radius 3 is 2.55 bits per heavy atom. The van der Waals surface area contributed by atoms with Gasteiger partial charge in [0.2, 0.25) is 0 Å². The van der Waals surface area contributed by atoms with Crippen molar-refractivity contribution in [3.8, 4) is 5.75 Å². The van der Waals surface area contributed by atoms with Gasteiger partial charge in [-0.15, -0.1) is 5.06 Å². The molecule has 0 saturated carbocycles. The van der Waals surface area contributed by atoms with Crippen LogP contribution in [0.1, 0.15) is 26.3 Å². The van der Waals surface area contributed by atoms with Gasteiger partial charge < -0.3 is 10.3 Å². The number of carbonyl (C=O) groups excluding carboxylic acids is 2. The van der Waals surface area contributed by atoms with Crippen LogP contribution in [0.25, 0.3) is 10.8 Å². The number of rotatable bonds is 1. The van der Waals surface area contributed by atoms with Crippen LogP contribution in [0.15, 0.2) is 29.4 Å². The molecule has 2 amide bonds. The van der Waals surface area contributed by atoms with Gasteiger partial charge in [0.25, 0.3) is 11.8 Å². The van der Waals surface area contributed by atoms with Gasteiger partial charge in [0.15, 0.2) is 0 Å². The number of benzene rings is 2. The minimum atomic E-state index is -0.915. The number of oxime groups is 1. The molecule has 7 nitrogen and oxygen atoms in total. The van der Waals surface area contributed by atoms with Crippen molar-refractivity contribution in [2.45, 2.75) is 0 Å². The van der Waals surface area contributed by atoms with Gasteiger partial charge in [0.1, 0.15) is 5.75 Å². The maximum atomic E-state index is 11.9. The zero-order chi connectivity index (χ0) is 14.4. The average Bonchev–Trinajstić information content (AvgIpc) is 2.45. The van der Waals surface area contributed by atoms with Gasteiger partial charge >= 0.3 is 0 Å². The van der Waals surface area contributed by atoms with Crippen molar-refractivity contribution >= 4 is 28.8 Å². The second kappa shape index (κ2) is 4.04. The van der Waals surface area contributed by atoms with E-state index in [4.69, 9.17) is 5.21 Å². The fraction of sp³-hybridized carbons (Fsp3) is 0. The molecule has 0 aromatic heterocycles. The van der Waals surface area contributed by atoms with Gasteiger partial charge in [-0.25, -0.2) is 0 Å². The van der Waals surface area contributed by atoms with E-state index in [1.165, 1.54) is 12.1 Å². The molecule has 1 aliphatic heterocycles. The zero-order valence-corrected chi connectivity index (χ0v) is 9.94. The lowest BCUT2D eigenvalue weighted by Crippen LogP contribution is -2.37. The predicted molar refractivity (Wildman–Crippen MR) is 67.3 cm³/mol. The van der Waals surface area contributed by atoms with Crippen molar-refractivity contribution in [2.75, 3.05) is 0 Å².